The predicted octanol–water partition coefficient (Wildman–Crippen LogP) is -0.149. The number of Topliss-reactive ketones (excluding diaryl/α,β-unsaturated/α-hetero) is 1. The Kier molecular flexibility index (Phi) is 4.32. The molecule has 4 heteroatoms. The number of ketones is 1. The number of hydrogen-bond acceptors (Lipinski definition) is 1. The minimum Gasteiger partial charge on any atom is -0.358 e. The minimum absolute atomic E-state index is 0.0383. The summed E-state index contributed by atoms with van der Waals surface area (Å²) in [5.74, 6) is 0.282. The van der Waals surface area contributed by atoms with Crippen LogP contribution in [0.5, 0.6) is 0 Å². The number of aryl methyl sites for hydroxylation is 1. The first-order chi connectivity index (χ1) is 10.6. The third kappa shape index (κ3) is 2.69. The van der Waals surface area contributed by atoms with Crippen LogP contribution < -0.4 is 9.80 Å². The van der Waals surface area contributed by atoms with Gasteiger partial charge in [-0.05, 0) is 26.8 Å². The quantitative estimate of drug-likeness (QED) is 0.676. The third-order valence-electron chi connectivity index (χ3n) is 5.24. The number of para-hydroxylation sites is 1. The number of aromatic nitrogens is 1. The molecule has 1 aliphatic heterocycles. The maximum atomic E-state index is 13.0. The molecule has 0 spiro atoms. The molecule has 0 unspecified atom stereocenters. The van der Waals surface area contributed by atoms with E-state index in [9.17, 15) is 4.79 Å². The standard InChI is InChI=1S/C18H25N3O/c1-4-20-9-11-21(12-10-20)14(3)18(22)17-13(2)19-16-8-6-5-7-15(16)17/h5-8,14,19H,4,9-12H2,1-3H3/p+2/t14-/m0/s1. The molecule has 2 aromatic rings. The van der Waals surface area contributed by atoms with Gasteiger partial charge in [0.1, 0.15) is 32.2 Å². The number of likely N-dealkylation sites (N-methyl/N-ethyl adjacent to an activating group) is 1. The summed E-state index contributed by atoms with van der Waals surface area (Å²) in [6.07, 6.45) is 0. The van der Waals surface area contributed by atoms with Crippen molar-refractivity contribution in [2.75, 3.05) is 32.7 Å². The van der Waals surface area contributed by atoms with Crippen molar-refractivity contribution in [3.63, 3.8) is 0 Å². The summed E-state index contributed by atoms with van der Waals surface area (Å²) >= 11 is 0. The largest absolute Gasteiger partial charge is 0.358 e. The lowest BCUT2D eigenvalue weighted by molar-refractivity contribution is -1.02. The van der Waals surface area contributed by atoms with Gasteiger partial charge < -0.3 is 14.8 Å². The molecule has 3 rings (SSSR count). The fourth-order valence-corrected chi connectivity index (χ4v) is 3.71. The lowest BCUT2D eigenvalue weighted by Crippen LogP contribution is -3.29. The van der Waals surface area contributed by atoms with Crippen LogP contribution in [0.1, 0.15) is 29.9 Å². The number of carbonyl (C=O) groups is 1. The Morgan fingerprint density at radius 1 is 1.23 bits per heavy atom. The van der Waals surface area contributed by atoms with Crippen molar-refractivity contribution in [1.82, 2.24) is 4.98 Å². The summed E-state index contributed by atoms with van der Waals surface area (Å²) in [5.41, 5.74) is 2.95. The van der Waals surface area contributed by atoms with Crippen molar-refractivity contribution >= 4 is 16.7 Å². The maximum absolute atomic E-state index is 13.0. The lowest BCUT2D eigenvalue weighted by atomic mass is 10.0. The van der Waals surface area contributed by atoms with Gasteiger partial charge in [-0.2, -0.15) is 0 Å². The van der Waals surface area contributed by atoms with Gasteiger partial charge in [-0.15, -0.1) is 0 Å². The zero-order valence-electron chi connectivity index (χ0n) is 13.8. The second kappa shape index (κ2) is 6.23. The molecule has 4 nitrogen and oxygen atoms in total. The molecule has 1 aromatic carbocycles. The van der Waals surface area contributed by atoms with Gasteiger partial charge in [-0.1, -0.05) is 18.2 Å². The molecule has 1 saturated heterocycles. The molecular formula is C18H27N3O+2. The average Bonchev–Trinajstić information content (AvgIpc) is 2.89. The summed E-state index contributed by atoms with van der Waals surface area (Å²) < 4.78 is 0. The number of piperazine rings is 1. The van der Waals surface area contributed by atoms with Crippen LogP contribution in [0.25, 0.3) is 10.9 Å². The predicted molar refractivity (Wildman–Crippen MR) is 88.8 cm³/mol. The molecule has 1 aromatic heterocycles. The Labute approximate surface area is 132 Å². The minimum atomic E-state index is 0.0383. The van der Waals surface area contributed by atoms with Crippen molar-refractivity contribution in [2.24, 2.45) is 0 Å². The van der Waals surface area contributed by atoms with E-state index in [0.717, 1.165) is 35.2 Å². The van der Waals surface area contributed by atoms with Crippen molar-refractivity contribution < 1.29 is 14.6 Å². The first-order valence-electron chi connectivity index (χ1n) is 8.41. The highest BCUT2D eigenvalue weighted by Gasteiger charge is 2.32. The molecule has 0 aliphatic carbocycles. The van der Waals surface area contributed by atoms with Crippen molar-refractivity contribution in [1.29, 1.82) is 0 Å². The summed E-state index contributed by atoms with van der Waals surface area (Å²) in [6, 6.07) is 8.14. The first kappa shape index (κ1) is 15.3. The molecule has 0 amide bonds. The van der Waals surface area contributed by atoms with E-state index in [2.05, 4.69) is 18.8 Å². The van der Waals surface area contributed by atoms with E-state index in [-0.39, 0.29) is 11.8 Å². The number of H-pyrrole nitrogens is 1. The van der Waals surface area contributed by atoms with E-state index in [4.69, 9.17) is 0 Å². The second-order valence-electron chi connectivity index (χ2n) is 6.52. The first-order valence-corrected chi connectivity index (χ1v) is 8.41. The van der Waals surface area contributed by atoms with E-state index in [1.165, 1.54) is 24.5 Å². The van der Waals surface area contributed by atoms with Gasteiger partial charge >= 0.3 is 0 Å². The smallest absolute Gasteiger partial charge is 0.222 e. The number of benzene rings is 1. The van der Waals surface area contributed by atoms with Crippen LogP contribution in [-0.4, -0.2) is 49.5 Å². The number of rotatable bonds is 4. The van der Waals surface area contributed by atoms with Crippen LogP contribution in [0.4, 0.5) is 0 Å². The molecule has 1 aliphatic rings. The molecule has 0 radical (unpaired) electrons. The highest BCUT2D eigenvalue weighted by atomic mass is 16.1. The molecule has 118 valence electrons. The zero-order valence-corrected chi connectivity index (χ0v) is 13.8. The summed E-state index contributed by atoms with van der Waals surface area (Å²) in [6.45, 7) is 12.1. The Hall–Kier alpha value is -1.65. The monoisotopic (exact) mass is 301 g/mol. The zero-order chi connectivity index (χ0) is 15.7. The number of aromatic amines is 1. The number of quaternary nitrogens is 2. The van der Waals surface area contributed by atoms with E-state index < -0.39 is 0 Å². The van der Waals surface area contributed by atoms with E-state index in [1.54, 1.807) is 4.90 Å². The van der Waals surface area contributed by atoms with Crippen LogP contribution in [0.2, 0.25) is 0 Å². The number of nitrogens with one attached hydrogen (secondary N) is 3. The van der Waals surface area contributed by atoms with Crippen LogP contribution in [-0.2, 0) is 0 Å². The van der Waals surface area contributed by atoms with Crippen molar-refractivity contribution in [2.45, 2.75) is 26.8 Å². The molecule has 3 N–H and O–H groups in total. The number of fused-ring (bicyclic) bond motifs is 1. The Balaban J connectivity index is 1.82. The fourth-order valence-electron chi connectivity index (χ4n) is 3.71. The second-order valence-corrected chi connectivity index (χ2v) is 6.52. The van der Waals surface area contributed by atoms with Crippen molar-refractivity contribution in [3.05, 3.63) is 35.5 Å². The molecule has 1 fully saturated rings. The van der Waals surface area contributed by atoms with E-state index in [0.29, 0.717) is 0 Å². The lowest BCUT2D eigenvalue weighted by Gasteiger charge is -2.32. The van der Waals surface area contributed by atoms with Crippen LogP contribution >= 0.6 is 0 Å². The Morgan fingerprint density at radius 3 is 2.59 bits per heavy atom. The Morgan fingerprint density at radius 2 is 1.91 bits per heavy atom. The van der Waals surface area contributed by atoms with Gasteiger partial charge in [0.2, 0.25) is 5.78 Å². The summed E-state index contributed by atoms with van der Waals surface area (Å²) in [7, 11) is 0. The molecule has 0 saturated carbocycles. The van der Waals surface area contributed by atoms with Gasteiger partial charge in [0.25, 0.3) is 0 Å². The van der Waals surface area contributed by atoms with Gasteiger partial charge in [0.15, 0.2) is 0 Å². The summed E-state index contributed by atoms with van der Waals surface area (Å²) in [4.78, 5) is 19.5. The van der Waals surface area contributed by atoms with E-state index >= 15 is 0 Å². The van der Waals surface area contributed by atoms with Crippen molar-refractivity contribution in [3.8, 4) is 0 Å². The topological polar surface area (TPSA) is 41.7 Å². The van der Waals surface area contributed by atoms with Gasteiger partial charge in [-0.3, -0.25) is 4.79 Å². The van der Waals surface area contributed by atoms with Crippen LogP contribution in [0, 0.1) is 6.92 Å². The van der Waals surface area contributed by atoms with E-state index in [1.807, 2.05) is 31.2 Å². The summed E-state index contributed by atoms with van der Waals surface area (Å²) in [5, 5.41) is 1.06. The SMILES string of the molecule is CC[NH+]1CC[NH+]([C@@H](C)C(=O)c2c(C)[nH]c3ccccc23)CC1. The van der Waals surface area contributed by atoms with Crippen LogP contribution in [0.15, 0.2) is 24.3 Å². The maximum Gasteiger partial charge on any atom is 0.222 e. The highest BCUT2D eigenvalue weighted by Crippen LogP contribution is 2.22. The molecular weight excluding hydrogens is 274 g/mol. The molecule has 2 heterocycles. The number of carbonyl (C=O) groups excluding carboxylic acids is 1. The van der Waals surface area contributed by atoms with Crippen LogP contribution in [0.3, 0.4) is 0 Å². The molecule has 1 atom stereocenters. The Bertz CT molecular complexity index is 668. The molecule has 22 heavy (non-hydrogen) atoms. The van der Waals surface area contributed by atoms with Gasteiger partial charge in [0.05, 0.1) is 12.1 Å². The third-order valence-corrected chi connectivity index (χ3v) is 5.24. The average molecular weight is 301 g/mol. The fraction of sp³-hybridized carbons (Fsp3) is 0.500. The van der Waals surface area contributed by atoms with Gasteiger partial charge in [-0.25, -0.2) is 0 Å². The highest BCUT2D eigenvalue weighted by molar-refractivity contribution is 6.10. The van der Waals surface area contributed by atoms with Gasteiger partial charge in [0, 0.05) is 16.6 Å². The normalized spacial score (nSPS) is 23.6. The molecule has 0 bridgehead atoms. The number of hydrogen-bond donors (Lipinski definition) is 3.